The van der Waals surface area contributed by atoms with Gasteiger partial charge in [0.15, 0.2) is 0 Å². The summed E-state index contributed by atoms with van der Waals surface area (Å²) in [4.78, 5) is 1.16. The zero-order valence-corrected chi connectivity index (χ0v) is 12.3. The highest BCUT2D eigenvalue weighted by Gasteiger charge is 2.20. The van der Waals surface area contributed by atoms with Gasteiger partial charge in [-0.05, 0) is 46.5 Å². The van der Waals surface area contributed by atoms with Gasteiger partial charge >= 0.3 is 0 Å². The van der Waals surface area contributed by atoms with Crippen molar-refractivity contribution in [3.05, 3.63) is 50.1 Å². The first-order valence-electron chi connectivity index (χ1n) is 6.01. The zero-order chi connectivity index (χ0) is 12.5. The van der Waals surface area contributed by atoms with E-state index in [2.05, 4.69) is 40.2 Å². The summed E-state index contributed by atoms with van der Waals surface area (Å²) in [7, 11) is 0. The lowest BCUT2D eigenvalue weighted by Crippen LogP contribution is -2.16. The van der Waals surface area contributed by atoms with Crippen molar-refractivity contribution in [2.75, 3.05) is 6.61 Å². The van der Waals surface area contributed by atoms with E-state index in [1.165, 1.54) is 5.56 Å². The summed E-state index contributed by atoms with van der Waals surface area (Å²) in [6.07, 6.45) is 2.18. The van der Waals surface area contributed by atoms with E-state index in [1.54, 1.807) is 11.3 Å². The third kappa shape index (κ3) is 2.20. The minimum absolute atomic E-state index is 0.102. The fourth-order valence-corrected chi connectivity index (χ4v) is 3.75. The van der Waals surface area contributed by atoms with Gasteiger partial charge in [0.1, 0.15) is 5.75 Å². The minimum Gasteiger partial charge on any atom is -0.493 e. The van der Waals surface area contributed by atoms with Crippen molar-refractivity contribution in [2.24, 2.45) is 5.73 Å². The van der Waals surface area contributed by atoms with E-state index in [0.717, 1.165) is 39.4 Å². The van der Waals surface area contributed by atoms with Gasteiger partial charge in [0.05, 0.1) is 16.4 Å². The molecular formula is C14H14BrNOS. The number of hydrogen-bond acceptors (Lipinski definition) is 3. The van der Waals surface area contributed by atoms with Crippen molar-refractivity contribution in [3.63, 3.8) is 0 Å². The maximum Gasteiger partial charge on any atom is 0.127 e. The van der Waals surface area contributed by atoms with E-state index >= 15 is 0 Å². The normalized spacial score (nSPS) is 15.9. The first-order valence-corrected chi connectivity index (χ1v) is 7.62. The van der Waals surface area contributed by atoms with Crippen molar-refractivity contribution in [1.29, 1.82) is 0 Å². The fraction of sp³-hybridized carbons (Fsp3) is 0.286. The second-order valence-electron chi connectivity index (χ2n) is 4.41. The van der Waals surface area contributed by atoms with Gasteiger partial charge in [0, 0.05) is 10.4 Å². The molecule has 0 aliphatic carbocycles. The Bertz CT molecular complexity index is 567. The second kappa shape index (κ2) is 5.03. The standard InChI is InChI=1S/C14H14BrNOS/c15-12-7-6-11(18-12)13(16)10-5-1-3-9-4-2-8-17-14(9)10/h1,3,5-7,13H,2,4,8,16H2. The van der Waals surface area contributed by atoms with Crippen molar-refractivity contribution < 1.29 is 4.74 Å². The number of nitrogens with two attached hydrogens (primary N) is 1. The molecule has 18 heavy (non-hydrogen) atoms. The molecule has 0 fully saturated rings. The van der Waals surface area contributed by atoms with E-state index in [4.69, 9.17) is 10.5 Å². The summed E-state index contributed by atoms with van der Waals surface area (Å²) in [5.74, 6) is 1.00. The van der Waals surface area contributed by atoms with Crippen molar-refractivity contribution in [2.45, 2.75) is 18.9 Å². The monoisotopic (exact) mass is 323 g/mol. The van der Waals surface area contributed by atoms with Crippen molar-refractivity contribution in [1.82, 2.24) is 0 Å². The topological polar surface area (TPSA) is 35.2 Å². The lowest BCUT2D eigenvalue weighted by molar-refractivity contribution is 0.284. The molecule has 0 bridgehead atoms. The number of fused-ring (bicyclic) bond motifs is 1. The lowest BCUT2D eigenvalue weighted by atomic mass is 9.98. The van der Waals surface area contributed by atoms with Gasteiger partial charge in [-0.3, -0.25) is 0 Å². The SMILES string of the molecule is NC(c1ccc(Br)s1)c1cccc2c1OCCC2. The quantitative estimate of drug-likeness (QED) is 0.910. The average Bonchev–Trinajstić information content (AvgIpc) is 2.84. The van der Waals surface area contributed by atoms with Crippen LogP contribution >= 0.6 is 27.3 Å². The fourth-order valence-electron chi connectivity index (χ4n) is 2.31. The Balaban J connectivity index is 2.01. The Kier molecular flexibility index (Phi) is 3.41. The summed E-state index contributed by atoms with van der Waals surface area (Å²) in [5, 5.41) is 0. The van der Waals surface area contributed by atoms with Crippen LogP contribution in [0.15, 0.2) is 34.1 Å². The summed E-state index contributed by atoms with van der Waals surface area (Å²) < 4.78 is 6.93. The average molecular weight is 324 g/mol. The van der Waals surface area contributed by atoms with Crippen LogP contribution in [0.4, 0.5) is 0 Å². The molecule has 94 valence electrons. The van der Waals surface area contributed by atoms with Crippen LogP contribution < -0.4 is 10.5 Å². The van der Waals surface area contributed by atoms with Gasteiger partial charge < -0.3 is 10.5 Å². The smallest absolute Gasteiger partial charge is 0.127 e. The number of halogens is 1. The van der Waals surface area contributed by atoms with E-state index < -0.39 is 0 Å². The van der Waals surface area contributed by atoms with Gasteiger partial charge in [-0.15, -0.1) is 11.3 Å². The molecule has 2 aromatic rings. The Morgan fingerprint density at radius 1 is 1.28 bits per heavy atom. The van der Waals surface area contributed by atoms with Crippen LogP contribution in [0, 0.1) is 0 Å². The van der Waals surface area contributed by atoms with E-state index in [-0.39, 0.29) is 6.04 Å². The van der Waals surface area contributed by atoms with Crippen LogP contribution in [0.3, 0.4) is 0 Å². The van der Waals surface area contributed by atoms with E-state index in [0.29, 0.717) is 0 Å². The Labute approximate surface area is 119 Å². The molecule has 2 nitrogen and oxygen atoms in total. The molecule has 0 saturated carbocycles. The van der Waals surface area contributed by atoms with E-state index in [9.17, 15) is 0 Å². The molecule has 1 atom stereocenters. The van der Waals surface area contributed by atoms with Crippen LogP contribution in [0.5, 0.6) is 5.75 Å². The molecule has 0 amide bonds. The van der Waals surface area contributed by atoms with Crippen LogP contribution in [-0.4, -0.2) is 6.61 Å². The largest absolute Gasteiger partial charge is 0.493 e. The van der Waals surface area contributed by atoms with Crippen LogP contribution in [-0.2, 0) is 6.42 Å². The summed E-state index contributed by atoms with van der Waals surface area (Å²) in [6.45, 7) is 0.796. The van der Waals surface area contributed by atoms with Crippen LogP contribution in [0.1, 0.15) is 28.5 Å². The molecule has 1 aromatic carbocycles. The number of benzene rings is 1. The molecular weight excluding hydrogens is 310 g/mol. The first kappa shape index (κ1) is 12.2. The number of para-hydroxylation sites is 1. The number of aryl methyl sites for hydroxylation is 1. The number of ether oxygens (including phenoxy) is 1. The molecule has 2 N–H and O–H groups in total. The highest BCUT2D eigenvalue weighted by atomic mass is 79.9. The van der Waals surface area contributed by atoms with Crippen molar-refractivity contribution >= 4 is 27.3 Å². The minimum atomic E-state index is -0.102. The molecule has 2 heterocycles. The molecule has 1 aliphatic heterocycles. The van der Waals surface area contributed by atoms with Gasteiger partial charge in [0.25, 0.3) is 0 Å². The number of hydrogen-bond donors (Lipinski definition) is 1. The summed E-state index contributed by atoms with van der Waals surface area (Å²) >= 11 is 5.16. The van der Waals surface area contributed by atoms with E-state index in [1.807, 2.05) is 6.07 Å². The van der Waals surface area contributed by atoms with Crippen molar-refractivity contribution in [3.8, 4) is 5.75 Å². The first-order chi connectivity index (χ1) is 8.75. The van der Waals surface area contributed by atoms with Crippen LogP contribution in [0.2, 0.25) is 0 Å². The predicted octanol–water partition coefficient (Wildman–Crippen LogP) is 3.88. The van der Waals surface area contributed by atoms with Gasteiger partial charge in [0.2, 0.25) is 0 Å². The molecule has 1 aromatic heterocycles. The summed E-state index contributed by atoms with van der Waals surface area (Å²) in [6, 6.07) is 10.3. The molecule has 1 unspecified atom stereocenters. The third-order valence-electron chi connectivity index (χ3n) is 3.20. The maximum atomic E-state index is 6.36. The third-order valence-corrected chi connectivity index (χ3v) is 4.91. The Morgan fingerprint density at radius 3 is 2.94 bits per heavy atom. The zero-order valence-electron chi connectivity index (χ0n) is 9.86. The maximum absolute atomic E-state index is 6.36. The predicted molar refractivity (Wildman–Crippen MR) is 78.3 cm³/mol. The molecule has 3 rings (SSSR count). The number of rotatable bonds is 2. The number of thiophene rings is 1. The highest BCUT2D eigenvalue weighted by molar-refractivity contribution is 9.11. The lowest BCUT2D eigenvalue weighted by Gasteiger charge is -2.22. The van der Waals surface area contributed by atoms with Crippen LogP contribution in [0.25, 0.3) is 0 Å². The molecule has 4 heteroatoms. The summed E-state index contributed by atoms with van der Waals surface area (Å²) in [5.41, 5.74) is 8.74. The molecule has 0 spiro atoms. The Morgan fingerprint density at radius 2 is 2.17 bits per heavy atom. The Hall–Kier alpha value is -0.840. The molecule has 1 aliphatic rings. The second-order valence-corrected chi connectivity index (χ2v) is 6.90. The molecule has 0 radical (unpaired) electrons. The van der Waals surface area contributed by atoms with Gasteiger partial charge in [-0.1, -0.05) is 18.2 Å². The van der Waals surface area contributed by atoms with Gasteiger partial charge in [-0.25, -0.2) is 0 Å². The van der Waals surface area contributed by atoms with Gasteiger partial charge in [-0.2, -0.15) is 0 Å². The highest BCUT2D eigenvalue weighted by Crippen LogP contribution is 2.37. The molecule has 0 saturated heterocycles.